The number of hydrogen-bond acceptors (Lipinski definition) is 3. The highest BCUT2D eigenvalue weighted by atomic mass is 16.5. The molecule has 0 saturated heterocycles. The number of amides is 1. The first-order valence-electron chi connectivity index (χ1n) is 6.59. The van der Waals surface area contributed by atoms with Gasteiger partial charge in [-0.3, -0.25) is 4.79 Å². The molecule has 0 saturated carbocycles. The smallest absolute Gasteiger partial charge is 0.262 e. The second-order valence-electron chi connectivity index (χ2n) is 4.72. The Morgan fingerprint density at radius 1 is 1.19 bits per heavy atom. The molecule has 0 atom stereocenters. The lowest BCUT2D eigenvalue weighted by Gasteiger charge is -2.11. The molecule has 4 heteroatoms. The van der Waals surface area contributed by atoms with Gasteiger partial charge in [-0.1, -0.05) is 12.1 Å². The highest BCUT2D eigenvalue weighted by Gasteiger charge is 2.06. The molecule has 2 aromatic rings. The first-order chi connectivity index (χ1) is 10.1. The molecule has 0 unspecified atom stereocenters. The van der Waals surface area contributed by atoms with E-state index in [1.807, 2.05) is 38.1 Å². The molecule has 106 valence electrons. The number of aryl methyl sites for hydroxylation is 1. The van der Waals surface area contributed by atoms with Crippen molar-refractivity contribution in [2.75, 3.05) is 11.9 Å². The van der Waals surface area contributed by atoms with E-state index in [4.69, 9.17) is 10.00 Å². The van der Waals surface area contributed by atoms with Crippen LogP contribution in [0.3, 0.4) is 0 Å². The van der Waals surface area contributed by atoms with Gasteiger partial charge >= 0.3 is 0 Å². The van der Waals surface area contributed by atoms with Gasteiger partial charge in [-0.05, 0) is 55.3 Å². The molecule has 1 N–H and O–H groups in total. The number of benzene rings is 2. The normalized spacial score (nSPS) is 9.76. The lowest BCUT2D eigenvalue weighted by atomic mass is 10.1. The summed E-state index contributed by atoms with van der Waals surface area (Å²) in [6.07, 6.45) is 0. The number of nitriles is 1. The quantitative estimate of drug-likeness (QED) is 0.935. The van der Waals surface area contributed by atoms with Gasteiger partial charge in [0.05, 0.1) is 11.6 Å². The topological polar surface area (TPSA) is 62.1 Å². The average molecular weight is 280 g/mol. The Morgan fingerprint density at radius 3 is 2.57 bits per heavy atom. The van der Waals surface area contributed by atoms with Crippen LogP contribution in [0.15, 0.2) is 42.5 Å². The zero-order valence-corrected chi connectivity index (χ0v) is 12.0. The average Bonchev–Trinajstić information content (AvgIpc) is 2.49. The molecule has 0 radical (unpaired) electrons. The van der Waals surface area contributed by atoms with Crippen molar-refractivity contribution in [2.45, 2.75) is 13.8 Å². The maximum absolute atomic E-state index is 11.8. The van der Waals surface area contributed by atoms with Crippen molar-refractivity contribution in [3.05, 3.63) is 59.2 Å². The molecular weight excluding hydrogens is 264 g/mol. The van der Waals surface area contributed by atoms with Crippen LogP contribution in [0.4, 0.5) is 5.69 Å². The highest BCUT2D eigenvalue weighted by molar-refractivity contribution is 5.91. The Hall–Kier alpha value is -2.80. The molecular formula is C17H16N2O2. The van der Waals surface area contributed by atoms with Crippen LogP contribution in [0.5, 0.6) is 5.75 Å². The number of anilines is 1. The number of hydrogen-bond donors (Lipinski definition) is 1. The summed E-state index contributed by atoms with van der Waals surface area (Å²) >= 11 is 0. The van der Waals surface area contributed by atoms with E-state index in [9.17, 15) is 4.79 Å². The van der Waals surface area contributed by atoms with Gasteiger partial charge in [0, 0.05) is 5.69 Å². The van der Waals surface area contributed by atoms with Gasteiger partial charge in [-0.2, -0.15) is 5.26 Å². The molecule has 0 aliphatic heterocycles. The largest absolute Gasteiger partial charge is 0.483 e. The van der Waals surface area contributed by atoms with Crippen LogP contribution < -0.4 is 10.1 Å². The van der Waals surface area contributed by atoms with Crippen LogP contribution in [0.1, 0.15) is 16.7 Å². The molecule has 0 fully saturated rings. The zero-order valence-electron chi connectivity index (χ0n) is 12.0. The van der Waals surface area contributed by atoms with Crippen LogP contribution in [-0.4, -0.2) is 12.5 Å². The van der Waals surface area contributed by atoms with E-state index in [2.05, 4.69) is 5.32 Å². The SMILES string of the molecule is Cc1cccc(OCC(=O)Nc2ccc(C#N)cc2)c1C. The summed E-state index contributed by atoms with van der Waals surface area (Å²) in [6, 6.07) is 14.5. The Bertz CT molecular complexity index is 685. The van der Waals surface area contributed by atoms with E-state index in [0.29, 0.717) is 17.0 Å². The lowest BCUT2D eigenvalue weighted by Crippen LogP contribution is -2.20. The van der Waals surface area contributed by atoms with Crippen molar-refractivity contribution in [3.63, 3.8) is 0 Å². The molecule has 4 nitrogen and oxygen atoms in total. The number of nitrogens with zero attached hydrogens (tertiary/aromatic N) is 1. The molecule has 2 aromatic carbocycles. The molecule has 2 rings (SSSR count). The Kier molecular flexibility index (Phi) is 4.57. The minimum absolute atomic E-state index is 0.0513. The summed E-state index contributed by atoms with van der Waals surface area (Å²) < 4.78 is 5.53. The fourth-order valence-electron chi connectivity index (χ4n) is 1.85. The van der Waals surface area contributed by atoms with E-state index in [1.165, 1.54) is 0 Å². The van der Waals surface area contributed by atoms with E-state index in [0.717, 1.165) is 11.1 Å². The standard InChI is InChI=1S/C17H16N2O2/c1-12-4-3-5-16(13(12)2)21-11-17(20)19-15-8-6-14(10-18)7-9-15/h3-9H,11H2,1-2H3,(H,19,20). The summed E-state index contributed by atoms with van der Waals surface area (Å²) in [6.45, 7) is 3.91. The maximum atomic E-state index is 11.8. The van der Waals surface area contributed by atoms with Gasteiger partial charge < -0.3 is 10.1 Å². The van der Waals surface area contributed by atoms with Crippen LogP contribution in [0.2, 0.25) is 0 Å². The monoisotopic (exact) mass is 280 g/mol. The van der Waals surface area contributed by atoms with Gasteiger partial charge in [0.25, 0.3) is 5.91 Å². The lowest BCUT2D eigenvalue weighted by molar-refractivity contribution is -0.118. The number of rotatable bonds is 4. The van der Waals surface area contributed by atoms with Gasteiger partial charge in [0.15, 0.2) is 6.61 Å². The third-order valence-corrected chi connectivity index (χ3v) is 3.21. The molecule has 0 aliphatic rings. The third kappa shape index (κ3) is 3.83. The zero-order chi connectivity index (χ0) is 15.2. The number of nitrogens with one attached hydrogen (secondary N) is 1. The van der Waals surface area contributed by atoms with E-state index < -0.39 is 0 Å². The van der Waals surface area contributed by atoms with Gasteiger partial charge in [-0.25, -0.2) is 0 Å². The van der Waals surface area contributed by atoms with Crippen molar-refractivity contribution in [2.24, 2.45) is 0 Å². The van der Waals surface area contributed by atoms with Gasteiger partial charge in [-0.15, -0.1) is 0 Å². The molecule has 0 aliphatic carbocycles. The van der Waals surface area contributed by atoms with E-state index in [-0.39, 0.29) is 12.5 Å². The first kappa shape index (κ1) is 14.6. The van der Waals surface area contributed by atoms with Crippen LogP contribution in [-0.2, 0) is 4.79 Å². The summed E-state index contributed by atoms with van der Waals surface area (Å²) in [5.74, 6) is 0.477. The van der Waals surface area contributed by atoms with Crippen LogP contribution in [0, 0.1) is 25.2 Å². The predicted molar refractivity (Wildman–Crippen MR) is 81.2 cm³/mol. The summed E-state index contributed by atoms with van der Waals surface area (Å²) in [7, 11) is 0. The molecule has 1 amide bonds. The summed E-state index contributed by atoms with van der Waals surface area (Å²) in [4.78, 5) is 11.8. The molecule has 0 bridgehead atoms. The minimum Gasteiger partial charge on any atom is -0.483 e. The van der Waals surface area contributed by atoms with Crippen molar-refractivity contribution in [3.8, 4) is 11.8 Å². The number of carbonyl (C=O) groups is 1. The summed E-state index contributed by atoms with van der Waals surface area (Å²) in [5.41, 5.74) is 3.35. The summed E-state index contributed by atoms with van der Waals surface area (Å²) in [5, 5.41) is 11.4. The maximum Gasteiger partial charge on any atom is 0.262 e. The van der Waals surface area contributed by atoms with Crippen LogP contribution in [0.25, 0.3) is 0 Å². The minimum atomic E-state index is -0.236. The highest BCUT2D eigenvalue weighted by Crippen LogP contribution is 2.20. The van der Waals surface area contributed by atoms with E-state index in [1.54, 1.807) is 24.3 Å². The molecule has 0 heterocycles. The predicted octanol–water partition coefficient (Wildman–Crippen LogP) is 3.19. The van der Waals surface area contributed by atoms with Crippen molar-refractivity contribution >= 4 is 11.6 Å². The van der Waals surface area contributed by atoms with Crippen molar-refractivity contribution in [1.82, 2.24) is 0 Å². The van der Waals surface area contributed by atoms with Gasteiger partial charge in [0.1, 0.15) is 5.75 Å². The molecule has 0 aromatic heterocycles. The number of ether oxygens (including phenoxy) is 1. The van der Waals surface area contributed by atoms with E-state index >= 15 is 0 Å². The van der Waals surface area contributed by atoms with Crippen molar-refractivity contribution in [1.29, 1.82) is 5.26 Å². The molecule has 0 spiro atoms. The van der Waals surface area contributed by atoms with Gasteiger partial charge in [0.2, 0.25) is 0 Å². The second kappa shape index (κ2) is 6.58. The Labute approximate surface area is 124 Å². The fourth-order valence-corrected chi connectivity index (χ4v) is 1.85. The Balaban J connectivity index is 1.93. The van der Waals surface area contributed by atoms with Crippen molar-refractivity contribution < 1.29 is 9.53 Å². The number of carbonyl (C=O) groups excluding carboxylic acids is 1. The third-order valence-electron chi connectivity index (χ3n) is 3.21. The Morgan fingerprint density at radius 2 is 1.90 bits per heavy atom. The fraction of sp³-hybridized carbons (Fsp3) is 0.176. The molecule has 21 heavy (non-hydrogen) atoms. The first-order valence-corrected chi connectivity index (χ1v) is 6.59. The second-order valence-corrected chi connectivity index (χ2v) is 4.72. The van der Waals surface area contributed by atoms with Crippen LogP contribution >= 0.6 is 0 Å².